The number of ether oxygens (including phenoxy) is 1. The molecule has 7 nitrogen and oxygen atoms in total. The summed E-state index contributed by atoms with van der Waals surface area (Å²) in [5.41, 5.74) is 1.11. The molecule has 0 aliphatic carbocycles. The second-order valence-electron chi connectivity index (χ2n) is 6.69. The maximum atomic E-state index is 12.9. The summed E-state index contributed by atoms with van der Waals surface area (Å²) in [4.78, 5) is 12.9. The van der Waals surface area contributed by atoms with E-state index >= 15 is 0 Å². The van der Waals surface area contributed by atoms with E-state index in [0.717, 1.165) is 17.7 Å². The van der Waals surface area contributed by atoms with Crippen LogP contribution in [0.25, 0.3) is 0 Å². The molecule has 1 aromatic heterocycles. The number of hydrogen-bond donors (Lipinski definition) is 1. The lowest BCUT2D eigenvalue weighted by molar-refractivity contribution is -0.141. The van der Waals surface area contributed by atoms with E-state index in [0.29, 0.717) is 11.3 Å². The molecule has 2 aromatic carbocycles. The lowest BCUT2D eigenvalue weighted by Crippen LogP contribution is -2.29. The van der Waals surface area contributed by atoms with E-state index in [1.54, 1.807) is 6.92 Å². The topological polar surface area (TPSA) is 81.9 Å². The van der Waals surface area contributed by atoms with Crippen molar-refractivity contribution in [2.75, 3.05) is 5.32 Å². The van der Waals surface area contributed by atoms with E-state index in [4.69, 9.17) is 4.74 Å². The van der Waals surface area contributed by atoms with E-state index in [9.17, 15) is 18.0 Å². The number of aromatic nitrogens is 4. The number of halogens is 3. The Morgan fingerprint density at radius 3 is 2.50 bits per heavy atom. The minimum Gasteiger partial charge on any atom is -0.457 e. The van der Waals surface area contributed by atoms with Gasteiger partial charge in [-0.05, 0) is 40.6 Å². The fraction of sp³-hybridized carbons (Fsp3) is 0.200. The van der Waals surface area contributed by atoms with E-state index in [2.05, 4.69) is 20.8 Å². The molecule has 1 atom stereocenters. The Bertz CT molecular complexity index is 1090. The summed E-state index contributed by atoms with van der Waals surface area (Å²) in [6, 6.07) is 12.9. The van der Waals surface area contributed by atoms with Crippen molar-refractivity contribution in [1.29, 1.82) is 0 Å². The molecule has 0 bridgehead atoms. The van der Waals surface area contributed by atoms with Gasteiger partial charge in [-0.1, -0.05) is 47.6 Å². The van der Waals surface area contributed by atoms with Crippen LogP contribution in [0.2, 0.25) is 0 Å². The number of hydrogen-bond acceptors (Lipinski definition) is 6. The van der Waals surface area contributed by atoms with Gasteiger partial charge in [0.05, 0.1) is 11.1 Å². The summed E-state index contributed by atoms with van der Waals surface area (Å²) < 4.78 is 45.6. The second-order valence-corrected chi connectivity index (χ2v) is 6.69. The number of allylic oxidation sites excluding steroid dienone is 1. The minimum absolute atomic E-state index is 0.0542. The van der Waals surface area contributed by atoms with Gasteiger partial charge in [-0.2, -0.15) is 17.9 Å². The van der Waals surface area contributed by atoms with Crippen molar-refractivity contribution in [3.8, 4) is 0 Å². The number of fused-ring (bicyclic) bond motifs is 1. The molecule has 3 aromatic rings. The lowest BCUT2D eigenvalue weighted by atomic mass is 9.95. The molecular formula is C20H16F3N5O2. The maximum Gasteiger partial charge on any atom is 0.416 e. The number of esters is 1. The number of rotatable bonds is 4. The Kier molecular flexibility index (Phi) is 4.98. The Balaban J connectivity index is 1.67. The molecule has 0 saturated heterocycles. The van der Waals surface area contributed by atoms with Gasteiger partial charge in [0.2, 0.25) is 5.95 Å². The first-order valence-corrected chi connectivity index (χ1v) is 8.98. The van der Waals surface area contributed by atoms with Crippen LogP contribution < -0.4 is 5.32 Å². The Hall–Kier alpha value is -3.69. The zero-order valence-corrected chi connectivity index (χ0v) is 15.7. The average molecular weight is 415 g/mol. The van der Waals surface area contributed by atoms with Gasteiger partial charge in [0, 0.05) is 5.70 Å². The molecule has 1 unspecified atom stereocenters. The largest absolute Gasteiger partial charge is 0.457 e. The molecule has 1 N–H and O–H groups in total. The van der Waals surface area contributed by atoms with Crippen LogP contribution in [0.4, 0.5) is 19.1 Å². The third-order valence-corrected chi connectivity index (χ3v) is 4.70. The summed E-state index contributed by atoms with van der Waals surface area (Å²) in [6.45, 7) is 1.72. The van der Waals surface area contributed by atoms with Crippen LogP contribution in [0, 0.1) is 0 Å². The van der Waals surface area contributed by atoms with Gasteiger partial charge < -0.3 is 10.1 Å². The number of carbonyl (C=O) groups is 1. The zero-order chi connectivity index (χ0) is 21.3. The van der Waals surface area contributed by atoms with Gasteiger partial charge in [0.1, 0.15) is 12.6 Å². The highest BCUT2D eigenvalue weighted by Gasteiger charge is 2.36. The Labute approximate surface area is 169 Å². The van der Waals surface area contributed by atoms with Crippen molar-refractivity contribution in [3.05, 3.63) is 82.6 Å². The van der Waals surface area contributed by atoms with Gasteiger partial charge in [-0.15, -0.1) is 0 Å². The van der Waals surface area contributed by atoms with Crippen LogP contribution in [0.1, 0.15) is 29.7 Å². The molecule has 0 fully saturated rings. The van der Waals surface area contributed by atoms with E-state index in [-0.39, 0.29) is 18.1 Å². The summed E-state index contributed by atoms with van der Waals surface area (Å²) >= 11 is 0. The SMILES string of the molecule is CC1=C(C(=O)OCc2ccccc2)C(c2ccc(C(F)(F)F)cc2)n2nnnc2N1. The number of alkyl halides is 3. The number of carbonyl (C=O) groups excluding carboxylic acids is 1. The van der Waals surface area contributed by atoms with Crippen LogP contribution >= 0.6 is 0 Å². The summed E-state index contributed by atoms with van der Waals surface area (Å²) in [6.07, 6.45) is -4.46. The summed E-state index contributed by atoms with van der Waals surface area (Å²) in [5.74, 6) is -0.341. The fourth-order valence-corrected chi connectivity index (χ4v) is 3.24. The number of nitrogens with zero attached hydrogens (tertiary/aromatic N) is 4. The molecule has 0 radical (unpaired) electrons. The smallest absolute Gasteiger partial charge is 0.416 e. The standard InChI is InChI=1S/C20H16F3N5O2/c1-12-16(18(29)30-11-13-5-3-2-4-6-13)17(28-19(24-12)25-26-27-28)14-7-9-15(10-8-14)20(21,22)23/h2-10,17H,11H2,1H3,(H,24,25,27). The molecule has 4 rings (SSSR count). The molecule has 154 valence electrons. The summed E-state index contributed by atoms with van der Waals surface area (Å²) in [5, 5.41) is 14.3. The maximum absolute atomic E-state index is 12.9. The van der Waals surface area contributed by atoms with Crippen molar-refractivity contribution in [2.24, 2.45) is 0 Å². The number of nitrogens with one attached hydrogen (secondary N) is 1. The average Bonchev–Trinajstić information content (AvgIpc) is 3.19. The molecule has 0 saturated carbocycles. The first-order valence-electron chi connectivity index (χ1n) is 8.98. The summed E-state index contributed by atoms with van der Waals surface area (Å²) in [7, 11) is 0. The predicted molar refractivity (Wildman–Crippen MR) is 100.0 cm³/mol. The van der Waals surface area contributed by atoms with Crippen molar-refractivity contribution < 1.29 is 22.7 Å². The normalized spacial score (nSPS) is 16.1. The Morgan fingerprint density at radius 2 is 1.83 bits per heavy atom. The monoisotopic (exact) mass is 415 g/mol. The quantitative estimate of drug-likeness (QED) is 0.654. The molecule has 1 aliphatic heterocycles. The Morgan fingerprint density at radius 1 is 1.13 bits per heavy atom. The highest BCUT2D eigenvalue weighted by molar-refractivity contribution is 5.92. The molecule has 0 amide bonds. The van der Waals surface area contributed by atoms with Crippen LogP contribution in [0.3, 0.4) is 0 Å². The highest BCUT2D eigenvalue weighted by atomic mass is 19.4. The number of tetrazole rings is 1. The molecular weight excluding hydrogens is 399 g/mol. The van der Waals surface area contributed by atoms with Gasteiger partial charge in [-0.3, -0.25) is 0 Å². The highest BCUT2D eigenvalue weighted by Crippen LogP contribution is 2.36. The molecule has 30 heavy (non-hydrogen) atoms. The molecule has 1 aliphatic rings. The van der Waals surface area contributed by atoms with Crippen molar-refractivity contribution in [3.63, 3.8) is 0 Å². The first kappa shape index (κ1) is 19.6. The van der Waals surface area contributed by atoms with Crippen molar-refractivity contribution in [1.82, 2.24) is 20.2 Å². The zero-order valence-electron chi connectivity index (χ0n) is 15.7. The second kappa shape index (κ2) is 7.62. The van der Waals surface area contributed by atoms with Crippen LogP contribution in [0.5, 0.6) is 0 Å². The third-order valence-electron chi connectivity index (χ3n) is 4.70. The van der Waals surface area contributed by atoms with E-state index in [1.165, 1.54) is 16.8 Å². The van der Waals surface area contributed by atoms with Gasteiger partial charge in [0.25, 0.3) is 0 Å². The fourth-order valence-electron chi connectivity index (χ4n) is 3.24. The molecule has 0 spiro atoms. The van der Waals surface area contributed by atoms with Crippen LogP contribution in [0.15, 0.2) is 65.9 Å². The van der Waals surface area contributed by atoms with E-state index in [1.807, 2.05) is 30.3 Å². The number of anilines is 1. The van der Waals surface area contributed by atoms with E-state index < -0.39 is 23.8 Å². The van der Waals surface area contributed by atoms with Gasteiger partial charge >= 0.3 is 12.1 Å². The number of benzene rings is 2. The molecule has 10 heteroatoms. The van der Waals surface area contributed by atoms with Crippen LogP contribution in [-0.2, 0) is 22.3 Å². The predicted octanol–water partition coefficient (Wildman–Crippen LogP) is 3.72. The third kappa shape index (κ3) is 3.76. The van der Waals surface area contributed by atoms with Crippen LogP contribution in [-0.4, -0.2) is 26.2 Å². The first-order chi connectivity index (χ1) is 14.3. The van der Waals surface area contributed by atoms with Gasteiger partial charge in [-0.25, -0.2) is 4.79 Å². The van der Waals surface area contributed by atoms with Gasteiger partial charge in [0.15, 0.2) is 0 Å². The van der Waals surface area contributed by atoms with Crippen molar-refractivity contribution >= 4 is 11.9 Å². The lowest BCUT2D eigenvalue weighted by Gasteiger charge is -2.27. The minimum atomic E-state index is -4.46. The molecule has 2 heterocycles. The van der Waals surface area contributed by atoms with Crippen molar-refractivity contribution in [2.45, 2.75) is 25.7 Å².